The lowest BCUT2D eigenvalue weighted by molar-refractivity contribution is -0.0172. The van der Waals surface area contributed by atoms with Crippen molar-refractivity contribution in [2.75, 3.05) is 13.3 Å². The number of benzene rings is 1. The molecule has 0 aliphatic carbocycles. The van der Waals surface area contributed by atoms with Crippen molar-refractivity contribution in [3.8, 4) is 17.1 Å². The van der Waals surface area contributed by atoms with Gasteiger partial charge in [0.15, 0.2) is 18.2 Å². The van der Waals surface area contributed by atoms with Crippen LogP contribution in [0.25, 0.3) is 11.3 Å². The molecule has 2 aromatic heterocycles. The Balaban J connectivity index is 1.39. The molecule has 0 radical (unpaired) electrons. The quantitative estimate of drug-likeness (QED) is 0.744. The third kappa shape index (κ3) is 3.80. The molecule has 0 saturated carbocycles. The molecule has 1 aromatic carbocycles. The Bertz CT molecular complexity index is 959. The second-order valence-corrected chi connectivity index (χ2v) is 5.99. The number of hydrogen-bond acceptors (Lipinski definition) is 6. The Kier molecular flexibility index (Phi) is 4.80. The Morgan fingerprint density at radius 1 is 1.30 bits per heavy atom. The minimum Gasteiger partial charge on any atom is -0.467 e. The smallest absolute Gasteiger partial charge is 0.273 e. The van der Waals surface area contributed by atoms with Gasteiger partial charge in [0.25, 0.3) is 5.91 Å². The molecule has 3 heterocycles. The summed E-state index contributed by atoms with van der Waals surface area (Å²) in [5.74, 6) is 0.350. The second-order valence-electron chi connectivity index (χ2n) is 5.99. The summed E-state index contributed by atoms with van der Waals surface area (Å²) in [6.07, 6.45) is 3.69. The predicted octanol–water partition coefficient (Wildman–Crippen LogP) is 2.71. The van der Waals surface area contributed by atoms with Crippen LogP contribution in [0.15, 0.2) is 47.2 Å². The van der Waals surface area contributed by atoms with Crippen LogP contribution < -0.4 is 10.1 Å². The predicted molar refractivity (Wildman–Crippen MR) is 92.5 cm³/mol. The lowest BCUT2D eigenvalue weighted by Gasteiger charge is -2.20. The van der Waals surface area contributed by atoms with E-state index in [9.17, 15) is 9.18 Å². The SMILES string of the molecule is O=C(NCCc1cc(F)cc2c1OCOC2)c1cc(-c2cccnc2)on1. The number of halogens is 1. The van der Waals surface area contributed by atoms with Crippen LogP contribution in [0.3, 0.4) is 0 Å². The Morgan fingerprint density at radius 2 is 2.22 bits per heavy atom. The van der Waals surface area contributed by atoms with Crippen LogP contribution in [-0.4, -0.2) is 29.4 Å². The molecule has 0 saturated heterocycles. The van der Waals surface area contributed by atoms with E-state index in [2.05, 4.69) is 15.5 Å². The van der Waals surface area contributed by atoms with Gasteiger partial charge in [0.1, 0.15) is 11.6 Å². The van der Waals surface area contributed by atoms with Gasteiger partial charge in [-0.3, -0.25) is 9.78 Å². The lowest BCUT2D eigenvalue weighted by atomic mass is 10.1. The molecule has 0 unspecified atom stereocenters. The number of ether oxygens (including phenoxy) is 2. The molecule has 1 aliphatic rings. The van der Waals surface area contributed by atoms with Crippen LogP contribution in [0.5, 0.6) is 5.75 Å². The number of rotatable bonds is 5. The molecule has 4 rings (SSSR count). The first kappa shape index (κ1) is 17.2. The molecule has 0 spiro atoms. The molecule has 8 heteroatoms. The van der Waals surface area contributed by atoms with Crippen molar-refractivity contribution in [3.05, 3.63) is 65.4 Å². The largest absolute Gasteiger partial charge is 0.467 e. The topological polar surface area (TPSA) is 86.5 Å². The van der Waals surface area contributed by atoms with Gasteiger partial charge in [-0.25, -0.2) is 4.39 Å². The number of carbonyl (C=O) groups excluding carboxylic acids is 1. The van der Waals surface area contributed by atoms with Crippen LogP contribution >= 0.6 is 0 Å². The number of aromatic nitrogens is 2. The van der Waals surface area contributed by atoms with Crippen LogP contribution in [-0.2, 0) is 17.8 Å². The number of fused-ring (bicyclic) bond motifs is 1. The van der Waals surface area contributed by atoms with Gasteiger partial charge in [0.05, 0.1) is 6.61 Å². The molecule has 0 bridgehead atoms. The van der Waals surface area contributed by atoms with E-state index in [4.69, 9.17) is 14.0 Å². The summed E-state index contributed by atoms with van der Waals surface area (Å²) in [7, 11) is 0. The van der Waals surface area contributed by atoms with E-state index in [1.807, 2.05) is 6.07 Å². The van der Waals surface area contributed by atoms with E-state index in [0.717, 1.165) is 5.56 Å². The molecular weight excluding hydrogens is 353 g/mol. The summed E-state index contributed by atoms with van der Waals surface area (Å²) in [5.41, 5.74) is 2.25. The number of hydrogen-bond donors (Lipinski definition) is 1. The Hall–Kier alpha value is -3.26. The minimum absolute atomic E-state index is 0.133. The highest BCUT2D eigenvalue weighted by Crippen LogP contribution is 2.29. The Labute approximate surface area is 154 Å². The fourth-order valence-electron chi connectivity index (χ4n) is 2.87. The summed E-state index contributed by atoms with van der Waals surface area (Å²) in [6, 6.07) is 7.94. The van der Waals surface area contributed by atoms with Crippen molar-refractivity contribution in [2.24, 2.45) is 0 Å². The first-order valence-corrected chi connectivity index (χ1v) is 8.38. The maximum Gasteiger partial charge on any atom is 0.273 e. The zero-order valence-electron chi connectivity index (χ0n) is 14.3. The van der Waals surface area contributed by atoms with Crippen LogP contribution in [0, 0.1) is 5.82 Å². The summed E-state index contributed by atoms with van der Waals surface area (Å²) in [6.45, 7) is 0.741. The van der Waals surface area contributed by atoms with Gasteiger partial charge >= 0.3 is 0 Å². The van der Waals surface area contributed by atoms with Gasteiger partial charge in [-0.15, -0.1) is 0 Å². The molecular formula is C19H16FN3O4. The first-order chi connectivity index (χ1) is 13.2. The van der Waals surface area contributed by atoms with Gasteiger partial charge < -0.3 is 19.3 Å². The summed E-state index contributed by atoms with van der Waals surface area (Å²) >= 11 is 0. The standard InChI is InChI=1S/C19H16FN3O4/c20-15-6-12(18-14(7-15)10-25-11-26-18)3-5-22-19(24)16-8-17(27-23-16)13-2-1-4-21-9-13/h1-2,4,6-9H,3,5,10-11H2,(H,22,24). The molecule has 3 aromatic rings. The summed E-state index contributed by atoms with van der Waals surface area (Å²) in [4.78, 5) is 16.3. The number of pyridine rings is 1. The second kappa shape index (κ2) is 7.55. The number of amides is 1. The Morgan fingerprint density at radius 3 is 3.07 bits per heavy atom. The maximum atomic E-state index is 13.7. The van der Waals surface area contributed by atoms with Crippen molar-refractivity contribution in [1.82, 2.24) is 15.5 Å². The fourth-order valence-corrected chi connectivity index (χ4v) is 2.87. The molecule has 0 atom stereocenters. The van der Waals surface area contributed by atoms with E-state index in [0.29, 0.717) is 42.2 Å². The van der Waals surface area contributed by atoms with Crippen molar-refractivity contribution in [1.29, 1.82) is 0 Å². The average molecular weight is 369 g/mol. The monoisotopic (exact) mass is 369 g/mol. The van der Waals surface area contributed by atoms with Gasteiger partial charge in [-0.2, -0.15) is 0 Å². The van der Waals surface area contributed by atoms with E-state index < -0.39 is 0 Å². The van der Waals surface area contributed by atoms with Crippen molar-refractivity contribution in [2.45, 2.75) is 13.0 Å². The average Bonchev–Trinajstić information content (AvgIpc) is 3.19. The third-order valence-electron chi connectivity index (χ3n) is 4.12. The first-order valence-electron chi connectivity index (χ1n) is 8.38. The summed E-state index contributed by atoms with van der Waals surface area (Å²) < 4.78 is 29.6. The molecule has 27 heavy (non-hydrogen) atoms. The molecule has 1 aliphatic heterocycles. The van der Waals surface area contributed by atoms with Gasteiger partial charge in [0.2, 0.25) is 0 Å². The molecule has 0 fully saturated rings. The highest BCUT2D eigenvalue weighted by molar-refractivity contribution is 5.93. The molecule has 7 nitrogen and oxygen atoms in total. The van der Waals surface area contributed by atoms with Crippen molar-refractivity contribution < 1.29 is 23.2 Å². The maximum absolute atomic E-state index is 13.7. The fraction of sp³-hybridized carbons (Fsp3) is 0.211. The minimum atomic E-state index is -0.372. The van der Waals surface area contributed by atoms with Crippen LogP contribution in [0.1, 0.15) is 21.6 Å². The number of carbonyl (C=O) groups is 1. The van der Waals surface area contributed by atoms with Gasteiger partial charge in [0, 0.05) is 36.1 Å². The van der Waals surface area contributed by atoms with E-state index in [-0.39, 0.29) is 24.2 Å². The zero-order valence-corrected chi connectivity index (χ0v) is 14.3. The lowest BCUT2D eigenvalue weighted by Crippen LogP contribution is -2.26. The number of nitrogens with zero attached hydrogens (tertiary/aromatic N) is 2. The van der Waals surface area contributed by atoms with E-state index in [1.54, 1.807) is 24.5 Å². The normalized spacial score (nSPS) is 12.9. The van der Waals surface area contributed by atoms with E-state index >= 15 is 0 Å². The highest BCUT2D eigenvalue weighted by atomic mass is 19.1. The molecule has 1 N–H and O–H groups in total. The van der Waals surface area contributed by atoms with Gasteiger partial charge in [-0.1, -0.05) is 5.16 Å². The van der Waals surface area contributed by atoms with Crippen molar-refractivity contribution >= 4 is 5.91 Å². The van der Waals surface area contributed by atoms with Crippen LogP contribution in [0.4, 0.5) is 4.39 Å². The summed E-state index contributed by atoms with van der Waals surface area (Å²) in [5, 5.41) is 6.54. The molecule has 1 amide bonds. The third-order valence-corrected chi connectivity index (χ3v) is 4.12. The van der Waals surface area contributed by atoms with Crippen molar-refractivity contribution in [3.63, 3.8) is 0 Å². The highest BCUT2D eigenvalue weighted by Gasteiger charge is 2.18. The zero-order chi connectivity index (χ0) is 18.6. The van der Waals surface area contributed by atoms with Gasteiger partial charge in [-0.05, 0) is 36.2 Å². The van der Waals surface area contributed by atoms with Crippen LogP contribution in [0.2, 0.25) is 0 Å². The van der Waals surface area contributed by atoms with E-state index in [1.165, 1.54) is 12.1 Å². The molecule has 138 valence electrons. The number of nitrogens with one attached hydrogen (secondary N) is 1.